The third-order valence-corrected chi connectivity index (χ3v) is 6.70. The normalized spacial score (nSPS) is 17.4. The standard InChI is InChI=1S/C29H30N2O2/c1-28(2)17-31-26(25-22-16-29(3,4)33-24(22)14-13-23(25)28)21-8-6-7-20(15-21)18-9-11-19(12-10-18)27(32)30-5/h6-15H,16-17H2,1-5H3,(H,30,32). The predicted octanol–water partition coefficient (Wildman–Crippen LogP) is 5.56. The number of hydrogen-bond donors (Lipinski definition) is 1. The molecule has 3 aromatic carbocycles. The molecule has 0 saturated heterocycles. The molecule has 4 heteroatoms. The van der Waals surface area contributed by atoms with Gasteiger partial charge in [-0.3, -0.25) is 9.79 Å². The predicted molar refractivity (Wildman–Crippen MR) is 134 cm³/mol. The first-order valence-electron chi connectivity index (χ1n) is 11.5. The van der Waals surface area contributed by atoms with Crippen LogP contribution in [0.25, 0.3) is 11.1 Å². The molecule has 2 aliphatic heterocycles. The third-order valence-electron chi connectivity index (χ3n) is 6.70. The van der Waals surface area contributed by atoms with E-state index in [1.54, 1.807) is 7.05 Å². The smallest absolute Gasteiger partial charge is 0.251 e. The van der Waals surface area contributed by atoms with Crippen molar-refractivity contribution < 1.29 is 9.53 Å². The second-order valence-electron chi connectivity index (χ2n) is 10.3. The van der Waals surface area contributed by atoms with Gasteiger partial charge in [0.2, 0.25) is 0 Å². The minimum atomic E-state index is -0.210. The second-order valence-corrected chi connectivity index (χ2v) is 10.3. The molecular formula is C29H30N2O2. The maximum atomic E-state index is 11.9. The Morgan fingerprint density at radius 2 is 1.67 bits per heavy atom. The van der Waals surface area contributed by atoms with Crippen molar-refractivity contribution in [3.63, 3.8) is 0 Å². The summed E-state index contributed by atoms with van der Waals surface area (Å²) in [4.78, 5) is 17.0. The number of carbonyl (C=O) groups excluding carboxylic acids is 1. The van der Waals surface area contributed by atoms with Crippen molar-refractivity contribution in [2.24, 2.45) is 4.99 Å². The summed E-state index contributed by atoms with van der Waals surface area (Å²) in [5.41, 5.74) is 8.61. The summed E-state index contributed by atoms with van der Waals surface area (Å²) in [5.74, 6) is 0.898. The van der Waals surface area contributed by atoms with Gasteiger partial charge < -0.3 is 10.1 Å². The largest absolute Gasteiger partial charge is 0.487 e. The summed E-state index contributed by atoms with van der Waals surface area (Å²) < 4.78 is 6.26. The number of nitrogens with one attached hydrogen (secondary N) is 1. The number of aliphatic imine (C=N–C) groups is 1. The maximum absolute atomic E-state index is 11.9. The van der Waals surface area contributed by atoms with Gasteiger partial charge in [0.1, 0.15) is 11.4 Å². The van der Waals surface area contributed by atoms with E-state index in [1.165, 1.54) is 16.7 Å². The fourth-order valence-electron chi connectivity index (χ4n) is 4.97. The lowest BCUT2D eigenvalue weighted by Gasteiger charge is -2.32. The van der Waals surface area contributed by atoms with Crippen LogP contribution in [-0.2, 0) is 11.8 Å². The van der Waals surface area contributed by atoms with Gasteiger partial charge >= 0.3 is 0 Å². The molecule has 0 radical (unpaired) electrons. The molecule has 0 bridgehead atoms. The molecule has 2 aliphatic rings. The molecule has 0 spiro atoms. The molecule has 1 amide bonds. The maximum Gasteiger partial charge on any atom is 0.251 e. The Morgan fingerprint density at radius 3 is 2.39 bits per heavy atom. The van der Waals surface area contributed by atoms with E-state index in [0.717, 1.165) is 41.1 Å². The number of carbonyl (C=O) groups is 1. The van der Waals surface area contributed by atoms with Gasteiger partial charge in [0.05, 0.1) is 5.71 Å². The van der Waals surface area contributed by atoms with Gasteiger partial charge in [0, 0.05) is 47.7 Å². The van der Waals surface area contributed by atoms with E-state index in [2.05, 4.69) is 69.4 Å². The zero-order chi connectivity index (χ0) is 23.4. The van der Waals surface area contributed by atoms with E-state index in [0.29, 0.717) is 5.56 Å². The van der Waals surface area contributed by atoms with Crippen molar-refractivity contribution in [1.29, 1.82) is 0 Å². The van der Waals surface area contributed by atoms with Crippen molar-refractivity contribution in [3.05, 3.63) is 88.5 Å². The molecular weight excluding hydrogens is 408 g/mol. The quantitative estimate of drug-likeness (QED) is 0.582. The number of fused-ring (bicyclic) bond motifs is 3. The van der Waals surface area contributed by atoms with E-state index in [9.17, 15) is 4.79 Å². The number of benzene rings is 3. The average Bonchev–Trinajstić information content (AvgIpc) is 3.13. The molecule has 2 heterocycles. The Bertz CT molecular complexity index is 1280. The lowest BCUT2D eigenvalue weighted by atomic mass is 9.75. The molecule has 3 aromatic rings. The number of ether oxygens (including phenoxy) is 1. The van der Waals surface area contributed by atoms with Crippen LogP contribution < -0.4 is 10.1 Å². The van der Waals surface area contributed by atoms with Crippen LogP contribution in [0.2, 0.25) is 0 Å². The molecule has 5 rings (SSSR count). The molecule has 4 nitrogen and oxygen atoms in total. The Kier molecular flexibility index (Phi) is 4.93. The molecule has 0 saturated carbocycles. The van der Waals surface area contributed by atoms with E-state index in [-0.39, 0.29) is 16.9 Å². The van der Waals surface area contributed by atoms with Crippen LogP contribution in [0.1, 0.15) is 60.3 Å². The SMILES string of the molecule is CNC(=O)c1ccc(-c2cccc(C3=NCC(C)(C)c4ccc5c(c43)CC(C)(C)O5)c2)cc1. The Balaban J connectivity index is 1.59. The minimum absolute atomic E-state index is 0.0200. The zero-order valence-electron chi connectivity index (χ0n) is 20.0. The first-order valence-corrected chi connectivity index (χ1v) is 11.5. The lowest BCUT2D eigenvalue weighted by molar-refractivity contribution is 0.0963. The summed E-state index contributed by atoms with van der Waals surface area (Å²) in [7, 11) is 1.65. The summed E-state index contributed by atoms with van der Waals surface area (Å²) in [6.07, 6.45) is 0.876. The van der Waals surface area contributed by atoms with E-state index in [4.69, 9.17) is 9.73 Å². The minimum Gasteiger partial charge on any atom is -0.487 e. The number of hydrogen-bond acceptors (Lipinski definition) is 3. The zero-order valence-corrected chi connectivity index (χ0v) is 20.0. The third kappa shape index (κ3) is 3.74. The molecule has 0 unspecified atom stereocenters. The first kappa shape index (κ1) is 21.4. The van der Waals surface area contributed by atoms with Crippen LogP contribution in [0.5, 0.6) is 5.75 Å². The second kappa shape index (κ2) is 7.58. The number of amides is 1. The lowest BCUT2D eigenvalue weighted by Crippen LogP contribution is -2.31. The molecule has 0 fully saturated rings. The fourth-order valence-corrected chi connectivity index (χ4v) is 4.97. The van der Waals surface area contributed by atoms with E-state index < -0.39 is 0 Å². The Morgan fingerprint density at radius 1 is 0.939 bits per heavy atom. The fraction of sp³-hybridized carbons (Fsp3) is 0.310. The van der Waals surface area contributed by atoms with Crippen LogP contribution in [-0.4, -0.2) is 30.8 Å². The van der Waals surface area contributed by atoms with Crippen LogP contribution in [0.3, 0.4) is 0 Å². The van der Waals surface area contributed by atoms with Crippen molar-refractivity contribution in [2.75, 3.05) is 13.6 Å². The van der Waals surface area contributed by atoms with Crippen LogP contribution >= 0.6 is 0 Å². The van der Waals surface area contributed by atoms with E-state index in [1.807, 2.05) is 24.3 Å². The highest BCUT2D eigenvalue weighted by Crippen LogP contribution is 2.44. The summed E-state index contributed by atoms with van der Waals surface area (Å²) in [6.45, 7) is 9.58. The van der Waals surface area contributed by atoms with Crippen molar-refractivity contribution in [3.8, 4) is 16.9 Å². The average molecular weight is 439 g/mol. The highest BCUT2D eigenvalue weighted by Gasteiger charge is 2.38. The van der Waals surface area contributed by atoms with Crippen LogP contribution in [0, 0.1) is 0 Å². The van der Waals surface area contributed by atoms with Gasteiger partial charge in [-0.15, -0.1) is 0 Å². The number of rotatable bonds is 3. The van der Waals surface area contributed by atoms with Crippen molar-refractivity contribution in [1.82, 2.24) is 5.32 Å². The molecule has 33 heavy (non-hydrogen) atoms. The Labute approximate surface area is 195 Å². The summed E-state index contributed by atoms with van der Waals surface area (Å²) in [6, 6.07) is 20.6. The molecule has 0 atom stereocenters. The van der Waals surface area contributed by atoms with Crippen LogP contribution in [0.4, 0.5) is 0 Å². The molecule has 168 valence electrons. The van der Waals surface area contributed by atoms with Gasteiger partial charge in [-0.2, -0.15) is 0 Å². The molecule has 1 N–H and O–H groups in total. The summed E-state index contributed by atoms with van der Waals surface area (Å²) in [5, 5.41) is 2.67. The molecule has 0 aromatic heterocycles. The first-order chi connectivity index (χ1) is 15.7. The number of nitrogens with zero attached hydrogens (tertiary/aromatic N) is 1. The van der Waals surface area contributed by atoms with Gasteiger partial charge in [0.15, 0.2) is 0 Å². The van der Waals surface area contributed by atoms with E-state index >= 15 is 0 Å². The van der Waals surface area contributed by atoms with Gasteiger partial charge in [-0.1, -0.05) is 50.2 Å². The van der Waals surface area contributed by atoms with Gasteiger partial charge in [-0.05, 0) is 54.8 Å². The van der Waals surface area contributed by atoms with Crippen molar-refractivity contribution in [2.45, 2.75) is 45.1 Å². The van der Waals surface area contributed by atoms with Gasteiger partial charge in [-0.25, -0.2) is 0 Å². The monoisotopic (exact) mass is 438 g/mol. The van der Waals surface area contributed by atoms with Crippen molar-refractivity contribution >= 4 is 11.6 Å². The highest BCUT2D eigenvalue weighted by molar-refractivity contribution is 6.16. The van der Waals surface area contributed by atoms with Gasteiger partial charge in [0.25, 0.3) is 5.91 Å². The Hall–Kier alpha value is -3.40. The highest BCUT2D eigenvalue weighted by atomic mass is 16.5. The summed E-state index contributed by atoms with van der Waals surface area (Å²) >= 11 is 0. The topological polar surface area (TPSA) is 50.7 Å². The molecule has 0 aliphatic carbocycles. The van der Waals surface area contributed by atoms with Crippen LogP contribution in [0.15, 0.2) is 65.7 Å².